The zero-order valence-corrected chi connectivity index (χ0v) is 24.8. The minimum Gasteiger partial charge on any atom is -0.460 e. The van der Waals surface area contributed by atoms with Crippen LogP contribution in [0.3, 0.4) is 0 Å². The Morgan fingerprint density at radius 1 is 0.925 bits per heavy atom. The van der Waals surface area contributed by atoms with Crippen LogP contribution < -0.4 is 4.74 Å². The normalized spacial score (nSPS) is 11.7. The number of benzene rings is 2. The van der Waals surface area contributed by atoms with Crippen LogP contribution in [0.1, 0.15) is 100 Å². The average molecular weight is 548 g/mol. The lowest BCUT2D eigenvalue weighted by molar-refractivity contribution is 0.0729. The first-order valence-electron chi connectivity index (χ1n) is 14.8. The first kappa shape index (κ1) is 31.2. The number of aryl methyl sites for hydroxylation is 1. The van der Waals surface area contributed by atoms with E-state index in [0.29, 0.717) is 40.0 Å². The monoisotopic (exact) mass is 547 g/mol. The fraction of sp³-hybridized carbons (Fsp3) is 0.471. The zero-order valence-electron chi connectivity index (χ0n) is 24.8. The number of carbonyl (C=O) groups is 2. The van der Waals surface area contributed by atoms with Crippen LogP contribution in [0.2, 0.25) is 0 Å². The molecule has 0 fully saturated rings. The quantitative estimate of drug-likeness (QED) is 0.101. The number of nitrogens with zero attached hydrogens (tertiary/aromatic N) is 1. The van der Waals surface area contributed by atoms with Gasteiger partial charge in [0.1, 0.15) is 17.1 Å². The largest absolute Gasteiger partial charge is 0.514 e. The standard InChI is InChI=1S/C34H45NO5/c1-6-9-14-31-32(29-24-28(19-20-30(29)40-31)39-34(37)38-25(4)5)33(36)27-17-15-26(16-18-27)13-12-23-35(21-10-7-2)22-11-8-3/h12-13,15-20,24-25H,6-11,14,21-23H2,1-5H3/b13-12+. The van der Waals surface area contributed by atoms with Crippen molar-refractivity contribution < 1.29 is 23.5 Å². The Morgan fingerprint density at radius 3 is 2.23 bits per heavy atom. The number of fused-ring (bicyclic) bond motifs is 1. The molecule has 0 saturated carbocycles. The summed E-state index contributed by atoms with van der Waals surface area (Å²) in [5, 5.41) is 0.633. The van der Waals surface area contributed by atoms with Crippen LogP contribution in [0.15, 0.2) is 53.0 Å². The van der Waals surface area contributed by atoms with Gasteiger partial charge in [-0.1, -0.05) is 76.5 Å². The van der Waals surface area contributed by atoms with Crippen molar-refractivity contribution in [3.05, 3.63) is 71.0 Å². The van der Waals surface area contributed by atoms with E-state index in [4.69, 9.17) is 13.9 Å². The molecule has 0 bridgehead atoms. The highest BCUT2D eigenvalue weighted by molar-refractivity contribution is 6.17. The fourth-order valence-electron chi connectivity index (χ4n) is 4.55. The topological polar surface area (TPSA) is 69.0 Å². The van der Waals surface area contributed by atoms with E-state index in [9.17, 15) is 9.59 Å². The van der Waals surface area contributed by atoms with E-state index in [1.165, 1.54) is 25.7 Å². The molecule has 0 aliphatic carbocycles. The highest BCUT2D eigenvalue weighted by atomic mass is 16.7. The number of rotatable bonds is 16. The first-order chi connectivity index (χ1) is 19.4. The van der Waals surface area contributed by atoms with Gasteiger partial charge in [-0.2, -0.15) is 0 Å². The second kappa shape index (κ2) is 16.0. The molecule has 0 radical (unpaired) electrons. The Balaban J connectivity index is 1.81. The number of furan rings is 1. The summed E-state index contributed by atoms with van der Waals surface area (Å²) in [7, 11) is 0. The lowest BCUT2D eigenvalue weighted by atomic mass is 9.97. The number of ketones is 1. The Kier molecular flexibility index (Phi) is 12.5. The second-order valence-corrected chi connectivity index (χ2v) is 10.5. The molecule has 1 heterocycles. The minimum absolute atomic E-state index is 0.104. The summed E-state index contributed by atoms with van der Waals surface area (Å²) in [6.45, 7) is 13.3. The van der Waals surface area contributed by atoms with E-state index in [1.54, 1.807) is 32.0 Å². The molecule has 0 spiro atoms. The third kappa shape index (κ3) is 9.09. The van der Waals surface area contributed by atoms with E-state index < -0.39 is 6.16 Å². The number of ether oxygens (including phenoxy) is 2. The average Bonchev–Trinajstić information content (AvgIpc) is 3.30. The molecule has 2 aromatic carbocycles. The van der Waals surface area contributed by atoms with Crippen molar-refractivity contribution in [1.29, 1.82) is 0 Å². The molecule has 40 heavy (non-hydrogen) atoms. The molecular formula is C34H45NO5. The molecule has 1 aromatic heterocycles. The predicted molar refractivity (Wildman–Crippen MR) is 162 cm³/mol. The first-order valence-corrected chi connectivity index (χ1v) is 14.8. The van der Waals surface area contributed by atoms with Crippen LogP contribution >= 0.6 is 0 Å². The summed E-state index contributed by atoms with van der Waals surface area (Å²) in [4.78, 5) is 28.3. The highest BCUT2D eigenvalue weighted by Gasteiger charge is 2.23. The van der Waals surface area contributed by atoms with Crippen LogP contribution in [0.4, 0.5) is 4.79 Å². The van der Waals surface area contributed by atoms with E-state index in [2.05, 4.69) is 37.8 Å². The smallest absolute Gasteiger partial charge is 0.460 e. The molecule has 0 amide bonds. The van der Waals surface area contributed by atoms with Gasteiger partial charge in [-0.25, -0.2) is 4.79 Å². The van der Waals surface area contributed by atoms with Gasteiger partial charge in [0.15, 0.2) is 5.78 Å². The molecule has 0 aliphatic heterocycles. The van der Waals surface area contributed by atoms with Crippen LogP contribution in [0, 0.1) is 0 Å². The Hall–Kier alpha value is -3.38. The number of unbranched alkanes of at least 4 members (excludes halogenated alkanes) is 3. The molecule has 0 N–H and O–H groups in total. The summed E-state index contributed by atoms with van der Waals surface area (Å²) >= 11 is 0. The zero-order chi connectivity index (χ0) is 28.9. The Morgan fingerprint density at radius 2 is 1.60 bits per heavy atom. The van der Waals surface area contributed by atoms with E-state index in [1.807, 2.05) is 24.3 Å². The third-order valence-electron chi connectivity index (χ3n) is 6.75. The Labute approximate surface area is 239 Å². The number of hydrogen-bond donors (Lipinski definition) is 0. The van der Waals surface area contributed by atoms with Gasteiger partial charge < -0.3 is 13.9 Å². The summed E-state index contributed by atoms with van der Waals surface area (Å²) < 4.78 is 16.6. The fourth-order valence-corrected chi connectivity index (χ4v) is 4.55. The van der Waals surface area contributed by atoms with Crippen molar-refractivity contribution in [1.82, 2.24) is 4.90 Å². The van der Waals surface area contributed by atoms with E-state index >= 15 is 0 Å². The molecule has 3 aromatic rings. The van der Waals surface area contributed by atoms with Crippen LogP contribution in [-0.2, 0) is 11.2 Å². The van der Waals surface area contributed by atoms with Gasteiger partial charge in [0.2, 0.25) is 0 Å². The second-order valence-electron chi connectivity index (χ2n) is 10.5. The van der Waals surface area contributed by atoms with Crippen LogP contribution in [0.25, 0.3) is 17.0 Å². The maximum absolute atomic E-state index is 13.8. The van der Waals surface area contributed by atoms with Gasteiger partial charge in [-0.3, -0.25) is 9.69 Å². The van der Waals surface area contributed by atoms with Gasteiger partial charge in [0.25, 0.3) is 0 Å². The molecule has 0 unspecified atom stereocenters. The van der Waals surface area contributed by atoms with Crippen molar-refractivity contribution in [3.8, 4) is 5.75 Å². The molecule has 0 atom stereocenters. The highest BCUT2D eigenvalue weighted by Crippen LogP contribution is 2.32. The summed E-state index contributed by atoms with van der Waals surface area (Å²) in [6, 6.07) is 12.8. The van der Waals surface area contributed by atoms with Crippen LogP contribution in [0.5, 0.6) is 5.75 Å². The molecule has 6 heteroatoms. The maximum atomic E-state index is 13.8. The SMILES string of the molecule is CCCCc1oc2ccc(OC(=O)OC(C)C)cc2c1C(=O)c1ccc(/C=C/CN(CCCC)CCCC)cc1. The third-order valence-corrected chi connectivity index (χ3v) is 6.75. The Bertz CT molecular complexity index is 1250. The van der Waals surface area contributed by atoms with Crippen molar-refractivity contribution >= 4 is 29.0 Å². The van der Waals surface area contributed by atoms with Crippen LogP contribution in [-0.4, -0.2) is 42.6 Å². The van der Waals surface area contributed by atoms with Gasteiger partial charge in [0, 0.05) is 23.9 Å². The van der Waals surface area contributed by atoms with Crippen molar-refractivity contribution in [2.24, 2.45) is 0 Å². The predicted octanol–water partition coefficient (Wildman–Crippen LogP) is 8.85. The lowest BCUT2D eigenvalue weighted by Crippen LogP contribution is -2.26. The molecule has 0 saturated heterocycles. The van der Waals surface area contributed by atoms with E-state index in [-0.39, 0.29) is 11.9 Å². The summed E-state index contributed by atoms with van der Waals surface area (Å²) in [5.74, 6) is 0.863. The van der Waals surface area contributed by atoms with Crippen molar-refractivity contribution in [2.45, 2.75) is 85.7 Å². The molecule has 6 nitrogen and oxygen atoms in total. The van der Waals surface area contributed by atoms with Gasteiger partial charge in [0.05, 0.1) is 11.7 Å². The summed E-state index contributed by atoms with van der Waals surface area (Å²) in [6.07, 6.45) is 10.6. The lowest BCUT2D eigenvalue weighted by Gasteiger charge is -2.19. The van der Waals surface area contributed by atoms with Gasteiger partial charge >= 0.3 is 6.16 Å². The molecule has 0 aliphatic rings. The molecule has 3 rings (SSSR count). The van der Waals surface area contributed by atoms with E-state index in [0.717, 1.165) is 38.0 Å². The van der Waals surface area contributed by atoms with Gasteiger partial charge in [-0.05, 0) is 70.0 Å². The van der Waals surface area contributed by atoms with Gasteiger partial charge in [-0.15, -0.1) is 0 Å². The maximum Gasteiger partial charge on any atom is 0.514 e. The number of carbonyl (C=O) groups excluding carboxylic acids is 2. The summed E-state index contributed by atoms with van der Waals surface area (Å²) in [5.41, 5.74) is 2.77. The molecule has 216 valence electrons. The minimum atomic E-state index is -0.778. The van der Waals surface area contributed by atoms with Crippen molar-refractivity contribution in [3.63, 3.8) is 0 Å². The molecular weight excluding hydrogens is 502 g/mol. The van der Waals surface area contributed by atoms with Crippen molar-refractivity contribution in [2.75, 3.05) is 19.6 Å². The number of hydrogen-bond acceptors (Lipinski definition) is 6.